The van der Waals surface area contributed by atoms with Crippen molar-refractivity contribution >= 4 is 21.5 Å². The number of hydrogen-bond donors (Lipinski definition) is 1. The predicted octanol–water partition coefficient (Wildman–Crippen LogP) is 2.00. The van der Waals surface area contributed by atoms with E-state index in [2.05, 4.69) is 4.72 Å². The SMILES string of the molecule is C[C@H]1CCCCN1S(=O)(=O)NCCc1cccs1. The summed E-state index contributed by atoms with van der Waals surface area (Å²) in [5.41, 5.74) is 0. The summed E-state index contributed by atoms with van der Waals surface area (Å²) in [4.78, 5) is 1.21. The van der Waals surface area contributed by atoms with Gasteiger partial charge in [0.1, 0.15) is 0 Å². The lowest BCUT2D eigenvalue weighted by Gasteiger charge is -2.32. The highest BCUT2D eigenvalue weighted by molar-refractivity contribution is 7.87. The molecule has 1 aromatic heterocycles. The van der Waals surface area contributed by atoms with Crippen LogP contribution in [0, 0.1) is 0 Å². The van der Waals surface area contributed by atoms with E-state index in [9.17, 15) is 8.42 Å². The van der Waals surface area contributed by atoms with Gasteiger partial charge in [-0.05, 0) is 37.6 Å². The maximum atomic E-state index is 12.1. The van der Waals surface area contributed by atoms with Gasteiger partial charge < -0.3 is 0 Å². The van der Waals surface area contributed by atoms with Gasteiger partial charge in [0.05, 0.1) is 0 Å². The number of rotatable bonds is 5. The molecule has 102 valence electrons. The van der Waals surface area contributed by atoms with Crippen LogP contribution in [0.2, 0.25) is 0 Å². The van der Waals surface area contributed by atoms with E-state index in [1.807, 2.05) is 24.4 Å². The molecular weight excluding hydrogens is 268 g/mol. The second-order valence-electron chi connectivity index (χ2n) is 4.68. The first kappa shape index (κ1) is 14.0. The Bertz CT molecular complexity index is 456. The smallest absolute Gasteiger partial charge is 0.202 e. The lowest BCUT2D eigenvalue weighted by Crippen LogP contribution is -2.48. The topological polar surface area (TPSA) is 49.4 Å². The van der Waals surface area contributed by atoms with Gasteiger partial charge in [-0.3, -0.25) is 0 Å². The standard InChI is InChI=1S/C12H20N2O2S2/c1-11-5-2-3-9-14(11)18(15,16)13-8-7-12-6-4-10-17-12/h4,6,10-11,13H,2-3,5,7-9H2,1H3/t11-/m0/s1. The molecule has 2 rings (SSSR count). The van der Waals surface area contributed by atoms with Crippen molar-refractivity contribution in [3.8, 4) is 0 Å². The molecule has 1 atom stereocenters. The third-order valence-electron chi connectivity index (χ3n) is 3.29. The van der Waals surface area contributed by atoms with Gasteiger partial charge in [-0.1, -0.05) is 12.5 Å². The summed E-state index contributed by atoms with van der Waals surface area (Å²) in [6.45, 7) is 3.11. The predicted molar refractivity (Wildman–Crippen MR) is 75.0 cm³/mol. The van der Waals surface area contributed by atoms with E-state index in [4.69, 9.17) is 0 Å². The van der Waals surface area contributed by atoms with Crippen molar-refractivity contribution < 1.29 is 8.42 Å². The summed E-state index contributed by atoms with van der Waals surface area (Å²) in [7, 11) is -3.30. The Balaban J connectivity index is 1.86. The Morgan fingerprint density at radius 3 is 3.00 bits per heavy atom. The number of thiophene rings is 1. The molecule has 1 saturated heterocycles. The van der Waals surface area contributed by atoms with Crippen LogP contribution in [0.25, 0.3) is 0 Å². The minimum Gasteiger partial charge on any atom is -0.202 e. The summed E-state index contributed by atoms with van der Waals surface area (Å²) >= 11 is 1.66. The van der Waals surface area contributed by atoms with Crippen LogP contribution in [0.5, 0.6) is 0 Å². The third kappa shape index (κ3) is 3.54. The highest BCUT2D eigenvalue weighted by Crippen LogP contribution is 2.19. The van der Waals surface area contributed by atoms with Crippen LogP contribution < -0.4 is 4.72 Å². The van der Waals surface area contributed by atoms with Crippen molar-refractivity contribution in [2.75, 3.05) is 13.1 Å². The number of nitrogens with one attached hydrogen (secondary N) is 1. The minimum atomic E-state index is -3.30. The van der Waals surface area contributed by atoms with Crippen molar-refractivity contribution in [2.24, 2.45) is 0 Å². The van der Waals surface area contributed by atoms with Crippen LogP contribution in [0.1, 0.15) is 31.1 Å². The fourth-order valence-electron chi connectivity index (χ4n) is 2.27. The second-order valence-corrected chi connectivity index (χ2v) is 7.42. The summed E-state index contributed by atoms with van der Waals surface area (Å²) in [5, 5.41) is 2.01. The molecule has 18 heavy (non-hydrogen) atoms. The van der Waals surface area contributed by atoms with Crippen molar-refractivity contribution in [2.45, 2.75) is 38.6 Å². The molecule has 0 unspecified atom stereocenters. The average Bonchev–Trinajstić information content (AvgIpc) is 2.82. The number of hydrogen-bond acceptors (Lipinski definition) is 3. The molecule has 0 aliphatic carbocycles. The van der Waals surface area contributed by atoms with Crippen molar-refractivity contribution in [3.05, 3.63) is 22.4 Å². The van der Waals surface area contributed by atoms with Crippen molar-refractivity contribution in [1.82, 2.24) is 9.03 Å². The molecule has 0 spiro atoms. The summed E-state index contributed by atoms with van der Waals surface area (Å²) in [5.74, 6) is 0. The van der Waals surface area contributed by atoms with E-state index in [1.165, 1.54) is 4.88 Å². The van der Waals surface area contributed by atoms with Crippen molar-refractivity contribution in [1.29, 1.82) is 0 Å². The molecule has 1 aromatic rings. The number of piperidine rings is 1. The van der Waals surface area contributed by atoms with Crippen LogP contribution in [0.3, 0.4) is 0 Å². The Morgan fingerprint density at radius 1 is 1.50 bits per heavy atom. The fourth-order valence-corrected chi connectivity index (χ4v) is 4.45. The lowest BCUT2D eigenvalue weighted by molar-refractivity contribution is 0.265. The highest BCUT2D eigenvalue weighted by atomic mass is 32.2. The normalized spacial score (nSPS) is 22.2. The quantitative estimate of drug-likeness (QED) is 0.901. The first-order chi connectivity index (χ1) is 8.59. The van der Waals surface area contributed by atoms with E-state index < -0.39 is 10.2 Å². The van der Waals surface area contributed by atoms with E-state index in [1.54, 1.807) is 15.6 Å². The highest BCUT2D eigenvalue weighted by Gasteiger charge is 2.28. The average molecular weight is 288 g/mol. The van der Waals surface area contributed by atoms with Gasteiger partial charge in [-0.2, -0.15) is 12.7 Å². The molecule has 0 amide bonds. The molecule has 0 bridgehead atoms. The van der Waals surface area contributed by atoms with E-state index in [-0.39, 0.29) is 6.04 Å². The minimum absolute atomic E-state index is 0.123. The van der Waals surface area contributed by atoms with E-state index in [0.717, 1.165) is 25.7 Å². The first-order valence-electron chi connectivity index (χ1n) is 6.38. The van der Waals surface area contributed by atoms with Gasteiger partial charge in [-0.25, -0.2) is 4.72 Å². The Hall–Kier alpha value is -0.430. The van der Waals surface area contributed by atoms with Gasteiger partial charge in [0.25, 0.3) is 10.2 Å². The van der Waals surface area contributed by atoms with E-state index >= 15 is 0 Å². The molecule has 1 N–H and O–H groups in total. The zero-order valence-corrected chi connectivity index (χ0v) is 12.3. The molecule has 2 heterocycles. The zero-order chi connectivity index (χ0) is 13.0. The molecule has 1 aliphatic heterocycles. The summed E-state index contributed by atoms with van der Waals surface area (Å²) in [6.07, 6.45) is 3.82. The lowest BCUT2D eigenvalue weighted by atomic mass is 10.1. The maximum Gasteiger partial charge on any atom is 0.279 e. The Kier molecular flexibility index (Phi) is 4.77. The number of nitrogens with zero attached hydrogens (tertiary/aromatic N) is 1. The molecule has 0 saturated carbocycles. The Morgan fingerprint density at radius 2 is 2.33 bits per heavy atom. The van der Waals surface area contributed by atoms with E-state index in [0.29, 0.717) is 13.1 Å². The van der Waals surface area contributed by atoms with Gasteiger partial charge in [0, 0.05) is 24.0 Å². The molecular formula is C12H20N2O2S2. The van der Waals surface area contributed by atoms with Crippen LogP contribution in [-0.2, 0) is 16.6 Å². The fraction of sp³-hybridized carbons (Fsp3) is 0.667. The van der Waals surface area contributed by atoms with Gasteiger partial charge >= 0.3 is 0 Å². The molecule has 6 heteroatoms. The molecule has 1 aliphatic rings. The molecule has 0 radical (unpaired) electrons. The largest absolute Gasteiger partial charge is 0.279 e. The molecule has 0 aromatic carbocycles. The van der Waals surface area contributed by atoms with Crippen LogP contribution in [0.4, 0.5) is 0 Å². The van der Waals surface area contributed by atoms with Gasteiger partial charge in [0.15, 0.2) is 0 Å². The van der Waals surface area contributed by atoms with Gasteiger partial charge in [-0.15, -0.1) is 11.3 Å². The van der Waals surface area contributed by atoms with Crippen LogP contribution in [0.15, 0.2) is 17.5 Å². The summed E-state index contributed by atoms with van der Waals surface area (Å²) < 4.78 is 28.6. The zero-order valence-electron chi connectivity index (χ0n) is 10.6. The maximum absolute atomic E-state index is 12.1. The summed E-state index contributed by atoms with van der Waals surface area (Å²) in [6, 6.07) is 4.14. The second kappa shape index (κ2) is 6.14. The van der Waals surface area contributed by atoms with Crippen LogP contribution >= 0.6 is 11.3 Å². The van der Waals surface area contributed by atoms with Gasteiger partial charge in [0.2, 0.25) is 0 Å². The third-order valence-corrected chi connectivity index (χ3v) is 5.95. The van der Waals surface area contributed by atoms with Crippen molar-refractivity contribution in [3.63, 3.8) is 0 Å². The Labute approximate surface area is 113 Å². The molecule has 4 nitrogen and oxygen atoms in total. The molecule has 1 fully saturated rings. The monoisotopic (exact) mass is 288 g/mol. The first-order valence-corrected chi connectivity index (χ1v) is 8.70. The van der Waals surface area contributed by atoms with Crippen LogP contribution in [-0.4, -0.2) is 31.9 Å².